The van der Waals surface area contributed by atoms with Gasteiger partial charge in [0.25, 0.3) is 11.8 Å². The van der Waals surface area contributed by atoms with Gasteiger partial charge in [-0.3, -0.25) is 19.4 Å². The average molecular weight is 488 g/mol. The first-order chi connectivity index (χ1) is 16.6. The lowest BCUT2D eigenvalue weighted by Gasteiger charge is -2.34. The van der Waals surface area contributed by atoms with Crippen molar-refractivity contribution in [3.63, 3.8) is 0 Å². The second-order valence-corrected chi connectivity index (χ2v) is 8.75. The number of aryl methyl sites for hydroxylation is 2. The Hall–Kier alpha value is -4.04. The number of aromatic nitrogens is 1. The van der Waals surface area contributed by atoms with E-state index in [9.17, 15) is 14.4 Å². The second kappa shape index (κ2) is 9.31. The minimum absolute atomic E-state index is 0.0187. The molecular formula is C27H25N3O4S. The van der Waals surface area contributed by atoms with Gasteiger partial charge in [0.2, 0.25) is 0 Å². The summed E-state index contributed by atoms with van der Waals surface area (Å²) >= 11 is 5.44. The Labute approximate surface area is 209 Å². The van der Waals surface area contributed by atoms with E-state index in [2.05, 4.69) is 0 Å². The maximum Gasteiger partial charge on any atom is 0.337 e. The van der Waals surface area contributed by atoms with Gasteiger partial charge in [0.15, 0.2) is 5.11 Å². The van der Waals surface area contributed by atoms with Crippen LogP contribution in [0.25, 0.3) is 11.8 Å². The van der Waals surface area contributed by atoms with Crippen LogP contribution >= 0.6 is 12.2 Å². The monoisotopic (exact) mass is 487 g/mol. The maximum atomic E-state index is 13.5. The van der Waals surface area contributed by atoms with E-state index in [0.29, 0.717) is 16.8 Å². The van der Waals surface area contributed by atoms with Crippen LogP contribution in [0.2, 0.25) is 0 Å². The van der Waals surface area contributed by atoms with Crippen molar-refractivity contribution in [1.82, 2.24) is 9.47 Å². The first kappa shape index (κ1) is 24.1. The van der Waals surface area contributed by atoms with Crippen molar-refractivity contribution in [2.45, 2.75) is 20.8 Å². The quantitative estimate of drug-likeness (QED) is 0.237. The van der Waals surface area contributed by atoms with Gasteiger partial charge < -0.3 is 9.30 Å². The minimum atomic E-state index is -0.473. The largest absolute Gasteiger partial charge is 0.465 e. The lowest BCUT2D eigenvalue weighted by atomic mass is 10.1. The fourth-order valence-corrected chi connectivity index (χ4v) is 4.41. The third-order valence-corrected chi connectivity index (χ3v) is 6.49. The van der Waals surface area contributed by atoms with E-state index in [4.69, 9.17) is 17.0 Å². The lowest BCUT2D eigenvalue weighted by Crippen LogP contribution is -2.54. The fourth-order valence-electron chi connectivity index (χ4n) is 4.14. The Kier molecular flexibility index (Phi) is 6.41. The van der Waals surface area contributed by atoms with Crippen LogP contribution in [-0.2, 0) is 14.3 Å². The number of likely N-dealkylation sites (N-methyl/N-ethyl adjacent to an activating group) is 1. The summed E-state index contributed by atoms with van der Waals surface area (Å²) in [4.78, 5) is 41.2. The van der Waals surface area contributed by atoms with Crippen molar-refractivity contribution in [3.8, 4) is 5.69 Å². The summed E-state index contributed by atoms with van der Waals surface area (Å²) in [7, 11) is 2.90. The third kappa shape index (κ3) is 4.28. The molecule has 1 aromatic heterocycles. The number of thiocarbonyl (C=S) groups is 1. The van der Waals surface area contributed by atoms with E-state index >= 15 is 0 Å². The number of esters is 1. The Morgan fingerprint density at radius 3 is 2.29 bits per heavy atom. The van der Waals surface area contributed by atoms with E-state index in [0.717, 1.165) is 22.6 Å². The van der Waals surface area contributed by atoms with Crippen LogP contribution in [0.15, 0.2) is 60.2 Å². The molecule has 0 aliphatic carbocycles. The number of nitrogens with zero attached hydrogens (tertiary/aromatic N) is 3. The Balaban J connectivity index is 1.78. The lowest BCUT2D eigenvalue weighted by molar-refractivity contribution is -0.127. The summed E-state index contributed by atoms with van der Waals surface area (Å²) in [5.74, 6) is -1.36. The van der Waals surface area contributed by atoms with Crippen molar-refractivity contribution in [2.75, 3.05) is 19.1 Å². The zero-order chi connectivity index (χ0) is 25.4. The molecule has 2 amide bonds. The van der Waals surface area contributed by atoms with Gasteiger partial charge in [-0.05, 0) is 81.0 Å². The van der Waals surface area contributed by atoms with Gasteiger partial charge in [0.1, 0.15) is 5.57 Å². The van der Waals surface area contributed by atoms with Crippen LogP contribution in [0, 0.1) is 20.8 Å². The molecule has 1 aliphatic heterocycles. The van der Waals surface area contributed by atoms with E-state index in [1.165, 1.54) is 16.9 Å². The second-order valence-electron chi connectivity index (χ2n) is 8.38. The summed E-state index contributed by atoms with van der Waals surface area (Å²) in [5.41, 5.74) is 5.28. The van der Waals surface area contributed by atoms with E-state index in [-0.39, 0.29) is 10.7 Å². The molecule has 8 heteroatoms. The highest BCUT2D eigenvalue weighted by Gasteiger charge is 2.38. The zero-order valence-corrected chi connectivity index (χ0v) is 21.0. The highest BCUT2D eigenvalue weighted by Crippen LogP contribution is 2.28. The van der Waals surface area contributed by atoms with Gasteiger partial charge in [-0.15, -0.1) is 0 Å². The standard InChI is InChI=1S/C27H25N3O4S/c1-16-9-11-21(12-10-16)30-25(32)23(24(31)28(4)27(30)35)15-20-13-17(2)29(18(20)3)22-8-6-7-19(14-22)26(33)34-5/h6-15H,1-5H3/b23-15+. The molecule has 0 N–H and O–H groups in total. The van der Waals surface area contributed by atoms with Crippen LogP contribution in [0.3, 0.4) is 0 Å². The molecule has 7 nitrogen and oxygen atoms in total. The molecule has 3 aromatic rings. The van der Waals surface area contributed by atoms with Crippen LogP contribution in [0.4, 0.5) is 5.69 Å². The summed E-state index contributed by atoms with van der Waals surface area (Å²) in [6, 6.07) is 16.4. The fraction of sp³-hybridized carbons (Fsp3) is 0.185. The van der Waals surface area contributed by atoms with Gasteiger partial charge in [-0.25, -0.2) is 4.79 Å². The van der Waals surface area contributed by atoms with E-state index in [1.807, 2.05) is 49.6 Å². The number of ether oxygens (including phenoxy) is 1. The molecule has 178 valence electrons. The van der Waals surface area contributed by atoms with Crippen LogP contribution in [0.5, 0.6) is 0 Å². The van der Waals surface area contributed by atoms with E-state index in [1.54, 1.807) is 43.5 Å². The van der Waals surface area contributed by atoms with Crippen LogP contribution < -0.4 is 4.90 Å². The Morgan fingerprint density at radius 1 is 0.943 bits per heavy atom. The van der Waals surface area contributed by atoms with Crippen LogP contribution in [-0.4, -0.2) is 46.5 Å². The average Bonchev–Trinajstić information content (AvgIpc) is 3.13. The molecule has 0 spiro atoms. The third-order valence-electron chi connectivity index (χ3n) is 6.03. The number of rotatable bonds is 4. The van der Waals surface area contributed by atoms with Gasteiger partial charge in [0, 0.05) is 24.1 Å². The maximum absolute atomic E-state index is 13.5. The van der Waals surface area contributed by atoms with Gasteiger partial charge in [-0.1, -0.05) is 23.8 Å². The summed E-state index contributed by atoms with van der Waals surface area (Å²) in [6.07, 6.45) is 1.60. The van der Waals surface area contributed by atoms with Gasteiger partial charge >= 0.3 is 5.97 Å². The highest BCUT2D eigenvalue weighted by molar-refractivity contribution is 7.80. The number of carbonyl (C=O) groups is 3. The van der Waals surface area contributed by atoms with E-state index < -0.39 is 17.8 Å². The summed E-state index contributed by atoms with van der Waals surface area (Å²) in [5, 5.41) is 0.131. The molecule has 1 saturated heterocycles. The number of anilines is 1. The number of benzene rings is 2. The Bertz CT molecular complexity index is 1400. The molecule has 0 atom stereocenters. The molecule has 0 saturated carbocycles. The Morgan fingerprint density at radius 2 is 1.63 bits per heavy atom. The molecule has 35 heavy (non-hydrogen) atoms. The van der Waals surface area contributed by atoms with Crippen molar-refractivity contribution in [3.05, 3.63) is 88.2 Å². The number of hydrogen-bond donors (Lipinski definition) is 0. The number of carbonyl (C=O) groups excluding carboxylic acids is 3. The van der Waals surface area contributed by atoms with Gasteiger partial charge in [0.05, 0.1) is 18.4 Å². The van der Waals surface area contributed by atoms with Crippen molar-refractivity contribution < 1.29 is 19.1 Å². The van der Waals surface area contributed by atoms with Crippen molar-refractivity contribution in [1.29, 1.82) is 0 Å². The SMILES string of the molecule is COC(=O)c1cccc(-n2c(C)cc(/C=C3\C(=O)N(C)C(=S)N(c4ccc(C)cc4)C3=O)c2C)c1. The molecule has 2 aromatic carbocycles. The molecule has 0 radical (unpaired) electrons. The van der Waals surface area contributed by atoms with Crippen molar-refractivity contribution in [2.24, 2.45) is 0 Å². The molecule has 1 aliphatic rings. The smallest absolute Gasteiger partial charge is 0.337 e. The number of hydrogen-bond acceptors (Lipinski definition) is 5. The van der Waals surface area contributed by atoms with Crippen LogP contribution in [0.1, 0.15) is 32.9 Å². The summed E-state index contributed by atoms with van der Waals surface area (Å²) < 4.78 is 6.80. The molecule has 0 bridgehead atoms. The molecular weight excluding hydrogens is 462 g/mol. The summed E-state index contributed by atoms with van der Waals surface area (Å²) in [6.45, 7) is 5.77. The highest BCUT2D eigenvalue weighted by atomic mass is 32.1. The number of methoxy groups -OCH3 is 1. The predicted molar refractivity (Wildman–Crippen MR) is 139 cm³/mol. The molecule has 1 fully saturated rings. The van der Waals surface area contributed by atoms with Gasteiger partial charge in [-0.2, -0.15) is 0 Å². The topological polar surface area (TPSA) is 71.8 Å². The first-order valence-electron chi connectivity index (χ1n) is 11.0. The molecule has 2 heterocycles. The zero-order valence-electron chi connectivity index (χ0n) is 20.2. The minimum Gasteiger partial charge on any atom is -0.465 e. The molecule has 4 rings (SSSR count). The molecule has 0 unspecified atom stereocenters. The first-order valence-corrected chi connectivity index (χ1v) is 11.4. The predicted octanol–water partition coefficient (Wildman–Crippen LogP) is 4.36. The number of amides is 2. The normalized spacial score (nSPS) is 15.2. The van der Waals surface area contributed by atoms with Crippen molar-refractivity contribution >= 4 is 46.9 Å².